The molecule has 1 heterocycles. The van der Waals surface area contributed by atoms with Crippen molar-refractivity contribution in [2.75, 3.05) is 10.5 Å². The second-order valence-corrected chi connectivity index (χ2v) is 5.79. The number of hydrogen-bond acceptors (Lipinski definition) is 5. The Labute approximate surface area is 113 Å². The summed E-state index contributed by atoms with van der Waals surface area (Å²) in [4.78, 5) is 3.08. The van der Waals surface area contributed by atoms with Gasteiger partial charge in [-0.2, -0.15) is 4.98 Å². The lowest BCUT2D eigenvalue weighted by Crippen LogP contribution is -2.15. The van der Waals surface area contributed by atoms with Gasteiger partial charge in [-0.1, -0.05) is 11.6 Å². The summed E-state index contributed by atoms with van der Waals surface area (Å²) < 4.78 is 44.5. The van der Waals surface area contributed by atoms with Crippen molar-refractivity contribution in [2.24, 2.45) is 0 Å². The molecule has 3 N–H and O–H groups in total. The van der Waals surface area contributed by atoms with Gasteiger partial charge >= 0.3 is 6.01 Å². The zero-order chi connectivity index (χ0) is 14.2. The van der Waals surface area contributed by atoms with Crippen LogP contribution in [0.3, 0.4) is 0 Å². The first-order valence-electron chi connectivity index (χ1n) is 4.99. The first-order valence-corrected chi connectivity index (χ1v) is 6.85. The number of benzene rings is 1. The molecule has 0 amide bonds. The van der Waals surface area contributed by atoms with E-state index in [-0.39, 0.29) is 16.7 Å². The summed E-state index contributed by atoms with van der Waals surface area (Å²) in [6, 6.07) is 1.80. The van der Waals surface area contributed by atoms with E-state index in [1.165, 1.54) is 6.26 Å². The lowest BCUT2D eigenvalue weighted by Gasteiger charge is -2.07. The third kappa shape index (κ3) is 2.79. The number of anilines is 2. The highest BCUT2D eigenvalue weighted by atomic mass is 35.5. The summed E-state index contributed by atoms with van der Waals surface area (Å²) in [5.41, 5.74) is 5.44. The van der Waals surface area contributed by atoms with Gasteiger partial charge in [0.05, 0.1) is 11.4 Å². The van der Waals surface area contributed by atoms with Gasteiger partial charge in [0, 0.05) is 5.02 Å². The van der Waals surface area contributed by atoms with Crippen LogP contribution >= 0.6 is 11.6 Å². The maximum atomic E-state index is 13.7. The number of sulfonamides is 1. The first kappa shape index (κ1) is 13.6. The lowest BCUT2D eigenvalue weighted by molar-refractivity contribution is 0.560. The molecule has 0 aliphatic carbocycles. The fourth-order valence-corrected chi connectivity index (χ4v) is 2.71. The summed E-state index contributed by atoms with van der Waals surface area (Å²) in [5.74, 6) is -1.08. The molecule has 0 fully saturated rings. The van der Waals surface area contributed by atoms with Crippen LogP contribution in [0.2, 0.25) is 5.02 Å². The van der Waals surface area contributed by atoms with Gasteiger partial charge in [-0.05, 0) is 19.1 Å². The van der Waals surface area contributed by atoms with E-state index in [4.69, 9.17) is 21.8 Å². The van der Waals surface area contributed by atoms with Crippen LogP contribution in [-0.2, 0) is 10.0 Å². The number of nitrogen functional groups attached to an aromatic ring is 1. The zero-order valence-corrected chi connectivity index (χ0v) is 11.2. The fourth-order valence-electron chi connectivity index (χ4n) is 1.35. The van der Waals surface area contributed by atoms with E-state index in [1.807, 2.05) is 4.72 Å². The SMILES string of the molecule is Cc1coc(NS(=O)(=O)c2cc(Cl)cc(N)c2F)n1. The standard InChI is InChI=1S/C10H9ClFN3O3S/c1-5-4-18-10(14-5)15-19(16,17)8-3-6(11)2-7(13)9(8)12/h2-4H,13H2,1H3,(H,14,15). The highest BCUT2D eigenvalue weighted by Gasteiger charge is 2.23. The topological polar surface area (TPSA) is 98.2 Å². The van der Waals surface area contributed by atoms with Crippen LogP contribution in [0.5, 0.6) is 0 Å². The molecule has 0 saturated heterocycles. The molecule has 0 unspecified atom stereocenters. The summed E-state index contributed by atoms with van der Waals surface area (Å²) >= 11 is 5.66. The second-order valence-electron chi connectivity index (χ2n) is 3.71. The minimum absolute atomic E-state index is 0.00265. The van der Waals surface area contributed by atoms with Gasteiger partial charge in [0.25, 0.3) is 10.0 Å². The van der Waals surface area contributed by atoms with Crippen LogP contribution in [0.25, 0.3) is 0 Å². The molecule has 2 aromatic rings. The van der Waals surface area contributed by atoms with Crippen molar-refractivity contribution < 1.29 is 17.2 Å². The number of nitrogens with zero attached hydrogens (tertiary/aromatic N) is 1. The summed E-state index contributed by atoms with van der Waals surface area (Å²) in [5, 5.41) is 0.00265. The molecule has 0 radical (unpaired) electrons. The van der Waals surface area contributed by atoms with Crippen molar-refractivity contribution in [3.8, 4) is 0 Å². The Balaban J connectivity index is 2.45. The highest BCUT2D eigenvalue weighted by molar-refractivity contribution is 7.92. The van der Waals surface area contributed by atoms with E-state index >= 15 is 0 Å². The Morgan fingerprint density at radius 2 is 2.16 bits per heavy atom. The molecule has 0 saturated carbocycles. The van der Waals surface area contributed by atoms with E-state index < -0.39 is 20.7 Å². The average molecular weight is 306 g/mol. The van der Waals surface area contributed by atoms with Gasteiger partial charge in [-0.15, -0.1) is 0 Å². The predicted molar refractivity (Wildman–Crippen MR) is 67.9 cm³/mol. The van der Waals surface area contributed by atoms with Gasteiger partial charge in [0.15, 0.2) is 5.82 Å². The molecular weight excluding hydrogens is 297 g/mol. The number of nitrogens with one attached hydrogen (secondary N) is 1. The van der Waals surface area contributed by atoms with Crippen LogP contribution in [0.1, 0.15) is 5.69 Å². The van der Waals surface area contributed by atoms with Crippen molar-refractivity contribution in [3.63, 3.8) is 0 Å². The van der Waals surface area contributed by atoms with Gasteiger partial charge in [-0.3, -0.25) is 0 Å². The van der Waals surface area contributed by atoms with Gasteiger partial charge < -0.3 is 10.2 Å². The average Bonchev–Trinajstić information content (AvgIpc) is 2.68. The van der Waals surface area contributed by atoms with Gasteiger partial charge in [0.2, 0.25) is 0 Å². The third-order valence-electron chi connectivity index (χ3n) is 2.16. The maximum absolute atomic E-state index is 13.7. The van der Waals surface area contributed by atoms with E-state index in [0.717, 1.165) is 12.1 Å². The number of rotatable bonds is 3. The maximum Gasteiger partial charge on any atom is 0.309 e. The number of halogens is 2. The van der Waals surface area contributed by atoms with Crippen molar-refractivity contribution in [1.29, 1.82) is 0 Å². The second kappa shape index (κ2) is 4.71. The molecule has 19 heavy (non-hydrogen) atoms. The molecular formula is C10H9ClFN3O3S. The van der Waals surface area contributed by atoms with Crippen LogP contribution in [0.15, 0.2) is 27.7 Å². The Morgan fingerprint density at radius 1 is 1.47 bits per heavy atom. The molecule has 102 valence electrons. The quantitative estimate of drug-likeness (QED) is 0.847. The number of aryl methyl sites for hydroxylation is 1. The number of nitrogens with two attached hydrogens (primary N) is 1. The number of oxazole rings is 1. The molecule has 0 aliphatic rings. The largest absolute Gasteiger partial charge is 0.431 e. The Hall–Kier alpha value is -1.80. The normalized spacial score (nSPS) is 11.5. The predicted octanol–water partition coefficient (Wildman–Crippen LogP) is 2.16. The Morgan fingerprint density at radius 3 is 2.74 bits per heavy atom. The zero-order valence-electron chi connectivity index (χ0n) is 9.65. The summed E-state index contributed by atoms with van der Waals surface area (Å²) in [6.07, 6.45) is 1.25. The molecule has 0 aliphatic heterocycles. The Bertz CT molecular complexity index is 730. The van der Waals surface area contributed by atoms with Crippen molar-refractivity contribution in [3.05, 3.63) is 34.9 Å². The molecule has 1 aromatic heterocycles. The summed E-state index contributed by atoms with van der Waals surface area (Å²) in [6.45, 7) is 1.61. The molecule has 0 atom stereocenters. The van der Waals surface area contributed by atoms with E-state index in [0.29, 0.717) is 5.69 Å². The van der Waals surface area contributed by atoms with Crippen LogP contribution in [-0.4, -0.2) is 13.4 Å². The van der Waals surface area contributed by atoms with E-state index in [1.54, 1.807) is 6.92 Å². The van der Waals surface area contributed by atoms with E-state index in [2.05, 4.69) is 4.98 Å². The first-order chi connectivity index (χ1) is 8.79. The van der Waals surface area contributed by atoms with Gasteiger partial charge in [-0.25, -0.2) is 17.5 Å². The van der Waals surface area contributed by atoms with Crippen LogP contribution < -0.4 is 10.5 Å². The van der Waals surface area contributed by atoms with Crippen molar-refractivity contribution in [2.45, 2.75) is 11.8 Å². The van der Waals surface area contributed by atoms with Crippen molar-refractivity contribution >= 4 is 33.3 Å². The minimum atomic E-state index is -4.22. The van der Waals surface area contributed by atoms with E-state index in [9.17, 15) is 12.8 Å². The molecule has 0 bridgehead atoms. The van der Waals surface area contributed by atoms with Gasteiger partial charge in [0.1, 0.15) is 11.2 Å². The molecule has 9 heteroatoms. The third-order valence-corrected chi connectivity index (χ3v) is 3.70. The number of aromatic nitrogens is 1. The van der Waals surface area contributed by atoms with Crippen molar-refractivity contribution in [1.82, 2.24) is 4.98 Å². The highest BCUT2D eigenvalue weighted by Crippen LogP contribution is 2.26. The monoisotopic (exact) mass is 305 g/mol. The molecule has 2 rings (SSSR count). The number of hydrogen-bond donors (Lipinski definition) is 2. The lowest BCUT2D eigenvalue weighted by atomic mass is 10.3. The molecule has 1 aromatic carbocycles. The molecule has 6 nitrogen and oxygen atoms in total. The Kier molecular flexibility index (Phi) is 3.38. The minimum Gasteiger partial charge on any atom is -0.431 e. The van der Waals surface area contributed by atoms with Crippen LogP contribution in [0, 0.1) is 12.7 Å². The fraction of sp³-hybridized carbons (Fsp3) is 0.100. The van der Waals surface area contributed by atoms with Crippen LogP contribution in [0.4, 0.5) is 16.1 Å². The molecule has 0 spiro atoms. The summed E-state index contributed by atoms with van der Waals surface area (Å²) in [7, 11) is -4.22. The smallest absolute Gasteiger partial charge is 0.309 e.